The van der Waals surface area contributed by atoms with E-state index in [9.17, 15) is 4.79 Å². The molecule has 0 radical (unpaired) electrons. The Morgan fingerprint density at radius 2 is 2.18 bits per heavy atom. The smallest absolute Gasteiger partial charge is 0.277 e. The first-order valence-electron chi connectivity index (χ1n) is 5.02. The maximum Gasteiger partial charge on any atom is 0.277 e. The number of H-pyrrole nitrogens is 1. The van der Waals surface area contributed by atoms with E-state index in [0.29, 0.717) is 0 Å². The number of aromatic amines is 1. The largest absolute Gasteiger partial charge is 0.319 e. The Kier molecular flexibility index (Phi) is 3.23. The van der Waals surface area contributed by atoms with E-state index in [1.807, 2.05) is 26.0 Å². The second-order valence-corrected chi connectivity index (χ2v) is 4.60. The van der Waals surface area contributed by atoms with E-state index < -0.39 is 0 Å². The highest BCUT2D eigenvalue weighted by Gasteiger charge is 2.12. The summed E-state index contributed by atoms with van der Waals surface area (Å²) in [5.74, 6) is -0.286. The molecule has 0 spiro atoms. The lowest BCUT2D eigenvalue weighted by molar-refractivity contribution is 0.102. The summed E-state index contributed by atoms with van der Waals surface area (Å²) in [4.78, 5) is 11.8. The van der Waals surface area contributed by atoms with Gasteiger partial charge < -0.3 is 5.32 Å². The predicted octanol–water partition coefficient (Wildman–Crippen LogP) is 2.44. The molecule has 1 heterocycles. The van der Waals surface area contributed by atoms with Crippen molar-refractivity contribution in [3.05, 3.63) is 39.6 Å². The van der Waals surface area contributed by atoms with Crippen LogP contribution in [0.1, 0.15) is 21.6 Å². The number of nitrogens with one attached hydrogen (secondary N) is 2. The maximum atomic E-state index is 11.8. The van der Waals surface area contributed by atoms with Gasteiger partial charge in [-0.15, -0.1) is 0 Å². The number of amides is 1. The molecular weight excluding hydrogens is 284 g/mol. The lowest BCUT2D eigenvalue weighted by Crippen LogP contribution is -2.13. The first-order chi connectivity index (χ1) is 8.08. The molecule has 2 N–H and O–H groups in total. The van der Waals surface area contributed by atoms with Crippen molar-refractivity contribution in [3.8, 4) is 0 Å². The molecule has 1 aromatic carbocycles. The number of nitrogens with zero attached hydrogens (tertiary/aromatic N) is 2. The third-order valence-electron chi connectivity index (χ3n) is 2.32. The highest BCUT2D eigenvalue weighted by Crippen LogP contribution is 2.27. The third kappa shape index (κ3) is 2.52. The van der Waals surface area contributed by atoms with Gasteiger partial charge >= 0.3 is 0 Å². The van der Waals surface area contributed by atoms with Crippen LogP contribution >= 0.6 is 15.9 Å². The zero-order chi connectivity index (χ0) is 12.4. The van der Waals surface area contributed by atoms with E-state index >= 15 is 0 Å². The normalized spacial score (nSPS) is 10.3. The Hall–Kier alpha value is -1.69. The van der Waals surface area contributed by atoms with E-state index in [4.69, 9.17) is 0 Å². The van der Waals surface area contributed by atoms with Gasteiger partial charge in [0.2, 0.25) is 0 Å². The number of aromatic nitrogens is 3. The zero-order valence-electron chi connectivity index (χ0n) is 9.41. The first-order valence-corrected chi connectivity index (χ1v) is 5.81. The predicted molar refractivity (Wildman–Crippen MR) is 68.0 cm³/mol. The minimum atomic E-state index is -0.286. The van der Waals surface area contributed by atoms with Crippen LogP contribution in [0.2, 0.25) is 0 Å². The molecule has 0 unspecified atom stereocenters. The van der Waals surface area contributed by atoms with Gasteiger partial charge in [-0.25, -0.2) is 0 Å². The van der Waals surface area contributed by atoms with Crippen molar-refractivity contribution in [1.29, 1.82) is 0 Å². The van der Waals surface area contributed by atoms with Gasteiger partial charge in [-0.2, -0.15) is 15.4 Å². The Morgan fingerprint density at radius 1 is 1.41 bits per heavy atom. The number of carbonyl (C=O) groups is 1. The monoisotopic (exact) mass is 294 g/mol. The van der Waals surface area contributed by atoms with E-state index in [1.54, 1.807) is 0 Å². The third-order valence-corrected chi connectivity index (χ3v) is 2.94. The van der Waals surface area contributed by atoms with Crippen molar-refractivity contribution < 1.29 is 4.79 Å². The molecule has 0 saturated heterocycles. The molecule has 0 fully saturated rings. The van der Waals surface area contributed by atoms with Crippen LogP contribution in [0.25, 0.3) is 0 Å². The molecule has 1 amide bonds. The number of anilines is 1. The molecule has 17 heavy (non-hydrogen) atoms. The summed E-state index contributed by atoms with van der Waals surface area (Å²) in [5, 5.41) is 12.5. The van der Waals surface area contributed by atoms with Gasteiger partial charge in [-0.05, 0) is 47.0 Å². The van der Waals surface area contributed by atoms with Crippen LogP contribution in [-0.2, 0) is 0 Å². The fourth-order valence-corrected chi connectivity index (χ4v) is 2.34. The van der Waals surface area contributed by atoms with Gasteiger partial charge in [-0.1, -0.05) is 6.07 Å². The molecule has 0 saturated carbocycles. The number of rotatable bonds is 2. The van der Waals surface area contributed by atoms with Crippen molar-refractivity contribution in [1.82, 2.24) is 15.4 Å². The van der Waals surface area contributed by atoms with Gasteiger partial charge in [0.05, 0.1) is 11.9 Å². The van der Waals surface area contributed by atoms with Gasteiger partial charge in [0, 0.05) is 4.47 Å². The van der Waals surface area contributed by atoms with Crippen LogP contribution in [0, 0.1) is 13.8 Å². The van der Waals surface area contributed by atoms with Crippen molar-refractivity contribution in [2.75, 3.05) is 5.32 Å². The fraction of sp³-hybridized carbons (Fsp3) is 0.182. The first kappa shape index (κ1) is 11.8. The molecule has 2 rings (SSSR count). The quantitative estimate of drug-likeness (QED) is 0.894. The summed E-state index contributed by atoms with van der Waals surface area (Å²) in [7, 11) is 0. The molecule has 0 atom stereocenters. The van der Waals surface area contributed by atoms with Crippen LogP contribution in [-0.4, -0.2) is 21.3 Å². The van der Waals surface area contributed by atoms with Crippen molar-refractivity contribution in [2.24, 2.45) is 0 Å². The Labute approximate surface area is 107 Å². The lowest BCUT2D eigenvalue weighted by Gasteiger charge is -2.10. The molecule has 0 aliphatic heterocycles. The van der Waals surface area contributed by atoms with Gasteiger partial charge in [0.25, 0.3) is 5.91 Å². The van der Waals surface area contributed by atoms with Crippen molar-refractivity contribution in [3.63, 3.8) is 0 Å². The van der Waals surface area contributed by atoms with Gasteiger partial charge in [-0.3, -0.25) is 4.79 Å². The van der Waals surface area contributed by atoms with E-state index in [1.165, 1.54) is 6.20 Å². The van der Waals surface area contributed by atoms with Crippen LogP contribution in [0.15, 0.2) is 22.8 Å². The van der Waals surface area contributed by atoms with E-state index in [2.05, 4.69) is 36.7 Å². The molecule has 5 nitrogen and oxygen atoms in total. The summed E-state index contributed by atoms with van der Waals surface area (Å²) < 4.78 is 0.854. The standard InChI is InChI=1S/C11H11BrN4O/c1-6-3-7(2)10(8(12)4-6)14-11(17)9-5-13-16-15-9/h3-5H,1-2H3,(H,14,17)(H,13,15,16). The number of aryl methyl sites for hydroxylation is 2. The second-order valence-electron chi connectivity index (χ2n) is 3.75. The Balaban J connectivity index is 2.28. The molecular formula is C11H11BrN4O. The van der Waals surface area contributed by atoms with Crippen LogP contribution in [0.5, 0.6) is 0 Å². The SMILES string of the molecule is Cc1cc(C)c(NC(=O)c2cn[nH]n2)c(Br)c1. The minimum Gasteiger partial charge on any atom is -0.319 e. The molecule has 0 aliphatic rings. The average molecular weight is 295 g/mol. The molecule has 1 aromatic heterocycles. The Morgan fingerprint density at radius 3 is 2.76 bits per heavy atom. The van der Waals surface area contributed by atoms with Crippen LogP contribution < -0.4 is 5.32 Å². The average Bonchev–Trinajstić information content (AvgIpc) is 2.76. The zero-order valence-corrected chi connectivity index (χ0v) is 11.0. The van der Waals surface area contributed by atoms with Crippen LogP contribution in [0.3, 0.4) is 0 Å². The summed E-state index contributed by atoms with van der Waals surface area (Å²) in [6, 6.07) is 3.95. The Bertz CT molecular complexity index is 528. The number of benzene rings is 1. The summed E-state index contributed by atoms with van der Waals surface area (Å²) >= 11 is 3.43. The minimum absolute atomic E-state index is 0.261. The highest BCUT2D eigenvalue weighted by molar-refractivity contribution is 9.10. The number of halogens is 1. The topological polar surface area (TPSA) is 70.7 Å². The second kappa shape index (κ2) is 4.67. The number of carbonyl (C=O) groups excluding carboxylic acids is 1. The van der Waals surface area contributed by atoms with Crippen molar-refractivity contribution in [2.45, 2.75) is 13.8 Å². The fourth-order valence-electron chi connectivity index (χ4n) is 1.56. The van der Waals surface area contributed by atoms with Crippen LogP contribution in [0.4, 0.5) is 5.69 Å². The molecule has 0 bridgehead atoms. The number of hydrogen-bond acceptors (Lipinski definition) is 3. The molecule has 0 aliphatic carbocycles. The molecule has 88 valence electrons. The summed E-state index contributed by atoms with van der Waals surface area (Å²) in [5.41, 5.74) is 3.14. The van der Waals surface area contributed by atoms with Gasteiger partial charge in [0.1, 0.15) is 0 Å². The molecule has 6 heteroatoms. The number of hydrogen-bond donors (Lipinski definition) is 2. The highest BCUT2D eigenvalue weighted by atomic mass is 79.9. The van der Waals surface area contributed by atoms with Crippen molar-refractivity contribution >= 4 is 27.5 Å². The van der Waals surface area contributed by atoms with Gasteiger partial charge in [0.15, 0.2) is 5.69 Å². The van der Waals surface area contributed by atoms with E-state index in [-0.39, 0.29) is 11.6 Å². The summed E-state index contributed by atoms with van der Waals surface area (Å²) in [6.45, 7) is 3.94. The summed E-state index contributed by atoms with van der Waals surface area (Å²) in [6.07, 6.45) is 1.38. The van der Waals surface area contributed by atoms with E-state index in [0.717, 1.165) is 21.3 Å². The molecule has 2 aromatic rings. The maximum absolute atomic E-state index is 11.8. The lowest BCUT2D eigenvalue weighted by atomic mass is 10.1.